The number of carboxylic acid groups (broad SMARTS) is 1. The smallest absolute Gasteiger partial charge is 0.354 e. The van der Waals surface area contributed by atoms with Crippen molar-refractivity contribution in [1.29, 1.82) is 0 Å². The molecule has 0 saturated heterocycles. The molecule has 0 atom stereocenters. The molecule has 0 aliphatic heterocycles. The van der Waals surface area contributed by atoms with E-state index in [1.165, 1.54) is 23.2 Å². The first-order valence-electron chi connectivity index (χ1n) is 4.88. The first-order valence-corrected chi connectivity index (χ1v) is 4.88. The average molecular weight is 246 g/mol. The minimum atomic E-state index is -2.54. The van der Waals surface area contributed by atoms with Crippen LogP contribution in [0.3, 0.4) is 0 Å². The number of hydrogen-bond donors (Lipinski definition) is 2. The minimum absolute atomic E-state index is 0.0401. The summed E-state index contributed by atoms with van der Waals surface area (Å²) in [5, 5.41) is 17.4. The fourth-order valence-corrected chi connectivity index (χ4v) is 1.31. The van der Waals surface area contributed by atoms with Gasteiger partial charge in [0, 0.05) is 6.54 Å². The number of carboxylic acids is 1. The largest absolute Gasteiger partial charge is 0.477 e. The molecule has 0 amide bonds. The number of hydrogen-bond acceptors (Lipinski definition) is 4. The second-order valence-corrected chi connectivity index (χ2v) is 3.27. The van der Waals surface area contributed by atoms with Gasteiger partial charge in [0.05, 0.1) is 25.0 Å². The molecule has 1 aromatic rings. The topological polar surface area (TPSA) is 73.7 Å². The highest BCUT2D eigenvalue weighted by Crippen LogP contribution is 2.14. The maximum absolute atomic E-state index is 12.3. The van der Waals surface area contributed by atoms with Gasteiger partial charge in [-0.1, -0.05) is 0 Å². The van der Waals surface area contributed by atoms with Gasteiger partial charge in [0.25, 0.3) is 6.43 Å². The second-order valence-electron chi connectivity index (χ2n) is 3.27. The normalized spacial score (nSPS) is 10.6. The average Bonchev–Trinajstić information content (AvgIpc) is 2.28. The monoisotopic (exact) mass is 246 g/mol. The third kappa shape index (κ3) is 3.95. The number of pyridine rings is 1. The Morgan fingerprint density at radius 3 is 2.59 bits per heavy atom. The molecule has 5 nitrogen and oxygen atoms in total. The van der Waals surface area contributed by atoms with Crippen LogP contribution in [-0.2, 0) is 0 Å². The zero-order valence-electron chi connectivity index (χ0n) is 8.88. The molecule has 1 aromatic heterocycles. The Hall–Kier alpha value is -1.76. The number of rotatable bonds is 6. The third-order valence-electron chi connectivity index (χ3n) is 2.06. The Bertz CT molecular complexity index is 370. The number of anilines is 1. The zero-order chi connectivity index (χ0) is 12.8. The molecular formula is C10H12F2N2O3. The molecule has 0 unspecified atom stereocenters. The van der Waals surface area contributed by atoms with Crippen molar-refractivity contribution in [2.45, 2.75) is 6.43 Å². The van der Waals surface area contributed by atoms with Crippen LogP contribution in [0, 0.1) is 0 Å². The van der Waals surface area contributed by atoms with Crippen LogP contribution in [-0.4, -0.2) is 47.3 Å². The van der Waals surface area contributed by atoms with Crippen molar-refractivity contribution in [3.05, 3.63) is 24.0 Å². The van der Waals surface area contributed by atoms with Crippen LogP contribution < -0.4 is 4.90 Å². The van der Waals surface area contributed by atoms with Crippen LogP contribution >= 0.6 is 0 Å². The number of halogens is 2. The predicted octanol–water partition coefficient (Wildman–Crippen LogP) is 0.844. The van der Waals surface area contributed by atoms with Crippen molar-refractivity contribution in [3.63, 3.8) is 0 Å². The lowest BCUT2D eigenvalue weighted by molar-refractivity contribution is 0.0690. The number of alkyl halides is 2. The van der Waals surface area contributed by atoms with Gasteiger partial charge in [0.2, 0.25) is 0 Å². The van der Waals surface area contributed by atoms with Gasteiger partial charge in [0.1, 0.15) is 5.69 Å². The molecule has 0 aromatic carbocycles. The Kier molecular flexibility index (Phi) is 4.77. The number of nitrogens with zero attached hydrogens (tertiary/aromatic N) is 2. The van der Waals surface area contributed by atoms with Crippen LogP contribution in [0.15, 0.2) is 18.3 Å². The van der Waals surface area contributed by atoms with Gasteiger partial charge in [-0.15, -0.1) is 0 Å². The van der Waals surface area contributed by atoms with E-state index in [0.29, 0.717) is 5.69 Å². The van der Waals surface area contributed by atoms with E-state index in [1.54, 1.807) is 0 Å². The highest BCUT2D eigenvalue weighted by Gasteiger charge is 2.13. The fraction of sp³-hybridized carbons (Fsp3) is 0.400. The SMILES string of the molecule is O=C(O)c1ccc(N(CCO)CC(F)F)cn1. The molecule has 0 spiro atoms. The lowest BCUT2D eigenvalue weighted by Gasteiger charge is -2.22. The lowest BCUT2D eigenvalue weighted by atomic mass is 10.3. The Morgan fingerprint density at radius 1 is 1.47 bits per heavy atom. The maximum Gasteiger partial charge on any atom is 0.354 e. The van der Waals surface area contributed by atoms with Crippen molar-refractivity contribution < 1.29 is 23.8 Å². The summed E-state index contributed by atoms with van der Waals surface area (Å²) < 4.78 is 24.5. The second kappa shape index (κ2) is 6.09. The Balaban J connectivity index is 2.83. The van der Waals surface area contributed by atoms with Crippen LogP contribution in [0.25, 0.3) is 0 Å². The Morgan fingerprint density at radius 2 is 2.18 bits per heavy atom. The lowest BCUT2D eigenvalue weighted by Crippen LogP contribution is -2.31. The van der Waals surface area contributed by atoms with E-state index in [0.717, 1.165) is 0 Å². The highest BCUT2D eigenvalue weighted by atomic mass is 19.3. The van der Waals surface area contributed by atoms with E-state index < -0.39 is 18.9 Å². The van der Waals surface area contributed by atoms with Gasteiger partial charge in [-0.2, -0.15) is 0 Å². The summed E-state index contributed by atoms with van der Waals surface area (Å²) in [4.78, 5) is 15.4. The van der Waals surface area contributed by atoms with Gasteiger partial charge < -0.3 is 15.1 Å². The van der Waals surface area contributed by atoms with E-state index >= 15 is 0 Å². The van der Waals surface area contributed by atoms with E-state index in [1.807, 2.05) is 0 Å². The quantitative estimate of drug-likeness (QED) is 0.778. The summed E-state index contributed by atoms with van der Waals surface area (Å²) in [6.07, 6.45) is -1.35. The molecule has 0 saturated carbocycles. The minimum Gasteiger partial charge on any atom is -0.477 e. The summed E-state index contributed by atoms with van der Waals surface area (Å²) >= 11 is 0. The van der Waals surface area contributed by atoms with Crippen LogP contribution in [0.1, 0.15) is 10.5 Å². The summed E-state index contributed by atoms with van der Waals surface area (Å²) in [5.41, 5.74) is 0.194. The summed E-state index contributed by atoms with van der Waals surface area (Å²) in [6, 6.07) is 2.61. The molecule has 0 aliphatic carbocycles. The number of aliphatic hydroxyl groups is 1. The molecule has 1 rings (SSSR count). The molecule has 94 valence electrons. The first kappa shape index (κ1) is 13.3. The summed E-state index contributed by atoms with van der Waals surface area (Å²) in [6.45, 7) is -0.763. The molecular weight excluding hydrogens is 234 g/mol. The predicted molar refractivity (Wildman–Crippen MR) is 56.5 cm³/mol. The summed E-state index contributed by atoms with van der Waals surface area (Å²) in [5.74, 6) is -1.18. The number of carbonyl (C=O) groups is 1. The zero-order valence-corrected chi connectivity index (χ0v) is 8.88. The van der Waals surface area contributed by atoms with Gasteiger partial charge >= 0.3 is 5.97 Å². The highest BCUT2D eigenvalue weighted by molar-refractivity contribution is 5.85. The van der Waals surface area contributed by atoms with E-state index in [9.17, 15) is 13.6 Å². The number of aromatic nitrogens is 1. The van der Waals surface area contributed by atoms with Crippen molar-refractivity contribution in [2.24, 2.45) is 0 Å². The Labute approximate surface area is 96.3 Å². The van der Waals surface area contributed by atoms with Gasteiger partial charge in [-0.05, 0) is 12.1 Å². The standard InChI is InChI=1S/C10H12F2N2O3/c11-9(12)6-14(3-4-15)7-1-2-8(10(16)17)13-5-7/h1-2,5,9,15H,3-4,6H2,(H,16,17). The van der Waals surface area contributed by atoms with Crippen molar-refractivity contribution >= 4 is 11.7 Å². The molecule has 0 fully saturated rings. The molecule has 7 heteroatoms. The third-order valence-corrected chi connectivity index (χ3v) is 2.06. The molecule has 1 heterocycles. The molecule has 0 aliphatic rings. The maximum atomic E-state index is 12.3. The van der Waals surface area contributed by atoms with Crippen molar-refractivity contribution in [1.82, 2.24) is 4.98 Å². The van der Waals surface area contributed by atoms with E-state index in [2.05, 4.69) is 4.98 Å². The van der Waals surface area contributed by atoms with Crippen molar-refractivity contribution in [2.75, 3.05) is 24.6 Å². The van der Waals surface area contributed by atoms with E-state index in [-0.39, 0.29) is 18.8 Å². The van der Waals surface area contributed by atoms with Gasteiger partial charge in [-0.3, -0.25) is 0 Å². The van der Waals surface area contributed by atoms with Gasteiger partial charge in [0.15, 0.2) is 0 Å². The van der Waals surface area contributed by atoms with E-state index in [4.69, 9.17) is 10.2 Å². The fourth-order valence-electron chi connectivity index (χ4n) is 1.31. The van der Waals surface area contributed by atoms with Gasteiger partial charge in [-0.25, -0.2) is 18.6 Å². The first-order chi connectivity index (χ1) is 8.04. The van der Waals surface area contributed by atoms with Crippen molar-refractivity contribution in [3.8, 4) is 0 Å². The molecule has 0 radical (unpaired) electrons. The number of aromatic carboxylic acids is 1. The summed E-state index contributed by atoms with van der Waals surface area (Å²) in [7, 11) is 0. The molecule has 2 N–H and O–H groups in total. The van der Waals surface area contributed by atoms with Crippen LogP contribution in [0.5, 0.6) is 0 Å². The number of aliphatic hydroxyl groups excluding tert-OH is 1. The van der Waals surface area contributed by atoms with Crippen LogP contribution in [0.2, 0.25) is 0 Å². The molecule has 0 bridgehead atoms. The molecule has 17 heavy (non-hydrogen) atoms. The van der Waals surface area contributed by atoms with Crippen LogP contribution in [0.4, 0.5) is 14.5 Å².